The Morgan fingerprint density at radius 3 is 2.33 bits per heavy atom. The fourth-order valence-electron chi connectivity index (χ4n) is 1.63. The van der Waals surface area contributed by atoms with E-state index in [0.29, 0.717) is 28.8 Å². The second-order valence-corrected chi connectivity index (χ2v) is 6.05. The molecule has 1 aromatic rings. The third-order valence-corrected chi connectivity index (χ3v) is 3.01. The molecule has 0 amide bonds. The SMILES string of the molecule is COc1cc(OC)c(NCC(O)COC(C)(C)C)cc1Cl. The van der Waals surface area contributed by atoms with Crippen LogP contribution in [0.25, 0.3) is 0 Å². The summed E-state index contributed by atoms with van der Waals surface area (Å²) in [5, 5.41) is 13.5. The molecule has 0 fully saturated rings. The summed E-state index contributed by atoms with van der Waals surface area (Å²) in [6.07, 6.45) is -0.630. The van der Waals surface area contributed by atoms with Gasteiger partial charge in [0, 0.05) is 12.6 Å². The molecule has 1 aromatic carbocycles. The quantitative estimate of drug-likeness (QED) is 0.809. The van der Waals surface area contributed by atoms with Gasteiger partial charge in [-0.15, -0.1) is 0 Å². The Bertz CT molecular complexity index is 460. The van der Waals surface area contributed by atoms with Crippen LogP contribution in [0.2, 0.25) is 5.02 Å². The van der Waals surface area contributed by atoms with Gasteiger partial charge < -0.3 is 24.6 Å². The molecule has 1 atom stereocenters. The number of benzene rings is 1. The molecule has 120 valence electrons. The van der Waals surface area contributed by atoms with Crippen molar-refractivity contribution in [1.29, 1.82) is 0 Å². The summed E-state index contributed by atoms with van der Waals surface area (Å²) in [6.45, 7) is 6.41. The molecule has 0 aromatic heterocycles. The molecular weight excluding hydrogens is 294 g/mol. The number of hydrogen-bond acceptors (Lipinski definition) is 5. The summed E-state index contributed by atoms with van der Waals surface area (Å²) in [5.41, 5.74) is 0.417. The molecule has 21 heavy (non-hydrogen) atoms. The average molecular weight is 318 g/mol. The topological polar surface area (TPSA) is 60.0 Å². The summed E-state index contributed by atoms with van der Waals surface area (Å²) in [5.74, 6) is 1.14. The van der Waals surface area contributed by atoms with Crippen LogP contribution in [0.5, 0.6) is 11.5 Å². The van der Waals surface area contributed by atoms with E-state index in [0.717, 1.165) is 0 Å². The Labute approximate surface area is 131 Å². The van der Waals surface area contributed by atoms with Gasteiger partial charge in [0.25, 0.3) is 0 Å². The van der Waals surface area contributed by atoms with Gasteiger partial charge in [0.05, 0.1) is 43.2 Å². The van der Waals surface area contributed by atoms with Crippen molar-refractivity contribution in [2.24, 2.45) is 0 Å². The predicted octanol–water partition coefficient (Wildman–Crippen LogP) is 2.95. The lowest BCUT2D eigenvalue weighted by Crippen LogP contribution is -2.30. The highest BCUT2D eigenvalue weighted by Gasteiger charge is 2.15. The maximum absolute atomic E-state index is 9.92. The van der Waals surface area contributed by atoms with Gasteiger partial charge in [-0.3, -0.25) is 0 Å². The molecule has 0 aliphatic rings. The molecule has 0 aliphatic heterocycles. The second kappa shape index (κ2) is 7.73. The number of aliphatic hydroxyl groups excluding tert-OH is 1. The molecule has 0 saturated heterocycles. The van der Waals surface area contributed by atoms with Crippen LogP contribution in [0.1, 0.15) is 20.8 Å². The molecule has 1 unspecified atom stereocenters. The number of methoxy groups -OCH3 is 2. The van der Waals surface area contributed by atoms with Gasteiger partial charge in [0.1, 0.15) is 11.5 Å². The first kappa shape index (κ1) is 17.9. The molecule has 0 radical (unpaired) electrons. The van der Waals surface area contributed by atoms with E-state index in [-0.39, 0.29) is 12.2 Å². The van der Waals surface area contributed by atoms with E-state index in [9.17, 15) is 5.11 Å². The molecule has 0 aliphatic carbocycles. The summed E-state index contributed by atoms with van der Waals surface area (Å²) >= 11 is 6.09. The standard InChI is InChI=1S/C15H24ClNO4/c1-15(2,3)21-9-10(18)8-17-12-6-11(16)13(19-4)7-14(12)20-5/h6-7,10,17-18H,8-9H2,1-5H3. The number of anilines is 1. The smallest absolute Gasteiger partial charge is 0.145 e. The molecule has 0 spiro atoms. The Morgan fingerprint density at radius 1 is 1.19 bits per heavy atom. The Kier molecular flexibility index (Phi) is 6.58. The van der Waals surface area contributed by atoms with Crippen LogP contribution in [0.4, 0.5) is 5.69 Å². The van der Waals surface area contributed by atoms with Crippen molar-refractivity contribution in [2.45, 2.75) is 32.5 Å². The van der Waals surface area contributed by atoms with Gasteiger partial charge in [0.15, 0.2) is 0 Å². The lowest BCUT2D eigenvalue weighted by Gasteiger charge is -2.22. The molecule has 0 bridgehead atoms. The van der Waals surface area contributed by atoms with Crippen molar-refractivity contribution in [2.75, 3.05) is 32.7 Å². The van der Waals surface area contributed by atoms with Gasteiger partial charge in [-0.05, 0) is 26.8 Å². The number of nitrogens with one attached hydrogen (secondary N) is 1. The van der Waals surface area contributed by atoms with Crippen molar-refractivity contribution < 1.29 is 19.3 Å². The number of aliphatic hydroxyl groups is 1. The molecule has 6 heteroatoms. The zero-order chi connectivity index (χ0) is 16.0. The van der Waals surface area contributed by atoms with E-state index in [1.165, 1.54) is 0 Å². The molecule has 1 rings (SSSR count). The Balaban J connectivity index is 2.64. The summed E-state index contributed by atoms with van der Waals surface area (Å²) in [4.78, 5) is 0. The van der Waals surface area contributed by atoms with Crippen LogP contribution in [0, 0.1) is 0 Å². The Hall–Kier alpha value is -1.17. The van der Waals surface area contributed by atoms with Gasteiger partial charge in [-0.1, -0.05) is 11.6 Å². The second-order valence-electron chi connectivity index (χ2n) is 5.65. The van der Waals surface area contributed by atoms with Crippen LogP contribution in [0.3, 0.4) is 0 Å². The third-order valence-electron chi connectivity index (χ3n) is 2.71. The molecular formula is C15H24ClNO4. The maximum atomic E-state index is 9.92. The lowest BCUT2D eigenvalue weighted by molar-refractivity contribution is -0.0449. The number of halogens is 1. The average Bonchev–Trinajstić information content (AvgIpc) is 2.42. The Morgan fingerprint density at radius 2 is 1.81 bits per heavy atom. The minimum Gasteiger partial charge on any atom is -0.495 e. The van der Waals surface area contributed by atoms with E-state index >= 15 is 0 Å². The van der Waals surface area contributed by atoms with Crippen LogP contribution in [-0.4, -0.2) is 44.2 Å². The number of ether oxygens (including phenoxy) is 3. The first-order valence-electron chi connectivity index (χ1n) is 6.74. The third kappa shape index (κ3) is 5.99. The van der Waals surface area contributed by atoms with Crippen molar-refractivity contribution in [3.05, 3.63) is 17.2 Å². The number of rotatable bonds is 7. The summed E-state index contributed by atoms with van der Waals surface area (Å²) in [6, 6.07) is 3.40. The minimum atomic E-state index is -0.630. The van der Waals surface area contributed by atoms with Crippen LogP contribution in [0.15, 0.2) is 12.1 Å². The molecule has 5 nitrogen and oxygen atoms in total. The normalized spacial score (nSPS) is 12.9. The van der Waals surface area contributed by atoms with Crippen LogP contribution in [-0.2, 0) is 4.74 Å². The van der Waals surface area contributed by atoms with E-state index in [1.807, 2.05) is 20.8 Å². The predicted molar refractivity (Wildman–Crippen MR) is 84.8 cm³/mol. The summed E-state index contributed by atoms with van der Waals surface area (Å²) < 4.78 is 15.9. The van der Waals surface area contributed by atoms with Crippen LogP contribution >= 0.6 is 11.6 Å². The minimum absolute atomic E-state index is 0.253. The van der Waals surface area contributed by atoms with Crippen molar-refractivity contribution >= 4 is 17.3 Å². The van der Waals surface area contributed by atoms with E-state index in [4.69, 9.17) is 25.8 Å². The molecule has 0 saturated carbocycles. The largest absolute Gasteiger partial charge is 0.495 e. The summed E-state index contributed by atoms with van der Waals surface area (Å²) in [7, 11) is 3.11. The van der Waals surface area contributed by atoms with E-state index in [1.54, 1.807) is 26.4 Å². The van der Waals surface area contributed by atoms with Crippen molar-refractivity contribution in [3.63, 3.8) is 0 Å². The monoisotopic (exact) mass is 317 g/mol. The van der Waals surface area contributed by atoms with Crippen LogP contribution < -0.4 is 14.8 Å². The maximum Gasteiger partial charge on any atom is 0.145 e. The molecule has 2 N–H and O–H groups in total. The highest BCUT2D eigenvalue weighted by atomic mass is 35.5. The van der Waals surface area contributed by atoms with Gasteiger partial charge in [-0.2, -0.15) is 0 Å². The lowest BCUT2D eigenvalue weighted by atomic mass is 10.2. The zero-order valence-electron chi connectivity index (χ0n) is 13.2. The van der Waals surface area contributed by atoms with Crippen molar-refractivity contribution in [1.82, 2.24) is 0 Å². The van der Waals surface area contributed by atoms with Gasteiger partial charge in [-0.25, -0.2) is 0 Å². The highest BCUT2D eigenvalue weighted by molar-refractivity contribution is 6.32. The fraction of sp³-hybridized carbons (Fsp3) is 0.600. The van der Waals surface area contributed by atoms with E-state index < -0.39 is 6.10 Å². The van der Waals surface area contributed by atoms with Crippen molar-refractivity contribution in [3.8, 4) is 11.5 Å². The first-order valence-corrected chi connectivity index (χ1v) is 7.12. The first-order chi connectivity index (χ1) is 9.76. The number of hydrogen-bond donors (Lipinski definition) is 2. The van der Waals surface area contributed by atoms with Gasteiger partial charge in [0.2, 0.25) is 0 Å². The fourth-order valence-corrected chi connectivity index (χ4v) is 1.87. The zero-order valence-corrected chi connectivity index (χ0v) is 14.0. The van der Waals surface area contributed by atoms with E-state index in [2.05, 4.69) is 5.32 Å². The molecule has 0 heterocycles. The van der Waals surface area contributed by atoms with Gasteiger partial charge >= 0.3 is 0 Å². The highest BCUT2D eigenvalue weighted by Crippen LogP contribution is 2.35.